The van der Waals surface area contributed by atoms with Crippen LogP contribution in [0.25, 0.3) is 0 Å². The van der Waals surface area contributed by atoms with E-state index in [0.29, 0.717) is 6.04 Å². The number of allylic oxidation sites excluding steroid dienone is 5. The van der Waals surface area contributed by atoms with Gasteiger partial charge in [0.15, 0.2) is 0 Å². The number of hydrogen-bond donors (Lipinski definition) is 1. The third kappa shape index (κ3) is 5.78. The SMILES string of the molecule is C=C/C(C)=C\C=C(/C)NC(C)C. The standard InChI is InChI=1S/C11H19N/c1-6-10(4)7-8-11(5)12-9(2)3/h6-9,12H,1H2,2-5H3/b10-7-,11-8+. The fraction of sp³-hybridized carbons (Fsp3) is 0.455. The summed E-state index contributed by atoms with van der Waals surface area (Å²) in [7, 11) is 0. The molecule has 0 aliphatic rings. The van der Waals surface area contributed by atoms with E-state index in [1.54, 1.807) is 0 Å². The molecular weight excluding hydrogens is 146 g/mol. The van der Waals surface area contributed by atoms with Crippen molar-refractivity contribution < 1.29 is 0 Å². The Hall–Kier alpha value is -0.980. The highest BCUT2D eigenvalue weighted by molar-refractivity contribution is 5.21. The molecule has 0 saturated heterocycles. The summed E-state index contributed by atoms with van der Waals surface area (Å²) in [6.07, 6.45) is 5.97. The summed E-state index contributed by atoms with van der Waals surface area (Å²) in [5.74, 6) is 0. The lowest BCUT2D eigenvalue weighted by atomic mass is 10.2. The molecular formula is C11H19N. The topological polar surface area (TPSA) is 12.0 Å². The summed E-state index contributed by atoms with van der Waals surface area (Å²) < 4.78 is 0. The van der Waals surface area contributed by atoms with Crippen molar-refractivity contribution in [1.29, 1.82) is 0 Å². The van der Waals surface area contributed by atoms with Crippen LogP contribution in [0.5, 0.6) is 0 Å². The third-order valence-electron chi connectivity index (χ3n) is 1.43. The van der Waals surface area contributed by atoms with Gasteiger partial charge in [0.05, 0.1) is 0 Å². The minimum absolute atomic E-state index is 0.499. The minimum Gasteiger partial charge on any atom is -0.386 e. The van der Waals surface area contributed by atoms with E-state index in [-0.39, 0.29) is 0 Å². The van der Waals surface area contributed by atoms with Crippen molar-refractivity contribution in [3.63, 3.8) is 0 Å². The average Bonchev–Trinajstić information content (AvgIpc) is 1.99. The fourth-order valence-corrected chi connectivity index (χ4v) is 0.828. The maximum absolute atomic E-state index is 3.68. The molecule has 0 atom stereocenters. The maximum atomic E-state index is 3.68. The summed E-state index contributed by atoms with van der Waals surface area (Å²) in [5, 5.41) is 3.30. The molecule has 0 fully saturated rings. The van der Waals surface area contributed by atoms with Crippen molar-refractivity contribution >= 4 is 0 Å². The molecule has 1 N–H and O–H groups in total. The zero-order valence-electron chi connectivity index (χ0n) is 8.52. The Labute approximate surface area is 75.9 Å². The molecule has 68 valence electrons. The third-order valence-corrected chi connectivity index (χ3v) is 1.43. The first-order valence-corrected chi connectivity index (χ1v) is 4.30. The lowest BCUT2D eigenvalue weighted by Crippen LogP contribution is -2.19. The van der Waals surface area contributed by atoms with Crippen molar-refractivity contribution in [2.75, 3.05) is 0 Å². The van der Waals surface area contributed by atoms with Gasteiger partial charge in [-0.15, -0.1) is 0 Å². The van der Waals surface area contributed by atoms with E-state index < -0.39 is 0 Å². The summed E-state index contributed by atoms with van der Waals surface area (Å²) in [5.41, 5.74) is 2.37. The first-order valence-electron chi connectivity index (χ1n) is 4.30. The zero-order chi connectivity index (χ0) is 9.56. The highest BCUT2D eigenvalue weighted by atomic mass is 14.9. The van der Waals surface area contributed by atoms with Crippen molar-refractivity contribution in [1.82, 2.24) is 5.32 Å². The normalized spacial score (nSPS) is 13.4. The summed E-state index contributed by atoms with van der Waals surface area (Å²) >= 11 is 0. The zero-order valence-corrected chi connectivity index (χ0v) is 8.52. The molecule has 1 heteroatoms. The molecule has 0 radical (unpaired) electrons. The van der Waals surface area contributed by atoms with Crippen LogP contribution in [0.4, 0.5) is 0 Å². The smallest absolute Gasteiger partial charge is 0.0201 e. The molecule has 0 bridgehead atoms. The van der Waals surface area contributed by atoms with Crippen molar-refractivity contribution in [2.24, 2.45) is 0 Å². The molecule has 0 spiro atoms. The summed E-state index contributed by atoms with van der Waals surface area (Å²) in [4.78, 5) is 0. The summed E-state index contributed by atoms with van der Waals surface area (Å²) in [6.45, 7) is 12.0. The molecule has 0 aliphatic carbocycles. The van der Waals surface area contributed by atoms with E-state index in [0.717, 1.165) is 0 Å². The molecule has 0 aromatic carbocycles. The highest BCUT2D eigenvalue weighted by Gasteiger charge is 1.89. The van der Waals surface area contributed by atoms with Gasteiger partial charge in [-0.3, -0.25) is 0 Å². The predicted octanol–water partition coefficient (Wildman–Crippen LogP) is 3.02. The van der Waals surface area contributed by atoms with Gasteiger partial charge < -0.3 is 5.32 Å². The van der Waals surface area contributed by atoms with Gasteiger partial charge >= 0.3 is 0 Å². The molecule has 0 rings (SSSR count). The van der Waals surface area contributed by atoms with Gasteiger partial charge in [-0.05, 0) is 33.8 Å². The minimum atomic E-state index is 0.499. The van der Waals surface area contributed by atoms with Crippen molar-refractivity contribution in [2.45, 2.75) is 33.7 Å². The predicted molar refractivity (Wildman–Crippen MR) is 56.0 cm³/mol. The van der Waals surface area contributed by atoms with Crippen LogP contribution in [0, 0.1) is 0 Å². The van der Waals surface area contributed by atoms with Crippen LogP contribution in [-0.2, 0) is 0 Å². The highest BCUT2D eigenvalue weighted by Crippen LogP contribution is 1.96. The second-order valence-electron chi connectivity index (χ2n) is 3.26. The van der Waals surface area contributed by atoms with Crippen LogP contribution in [0.2, 0.25) is 0 Å². The van der Waals surface area contributed by atoms with Crippen LogP contribution in [0.3, 0.4) is 0 Å². The van der Waals surface area contributed by atoms with E-state index >= 15 is 0 Å². The van der Waals surface area contributed by atoms with Crippen LogP contribution in [0.15, 0.2) is 36.1 Å². The number of nitrogens with one attached hydrogen (secondary N) is 1. The lowest BCUT2D eigenvalue weighted by molar-refractivity contribution is 0.669. The van der Waals surface area contributed by atoms with E-state index in [9.17, 15) is 0 Å². The molecule has 12 heavy (non-hydrogen) atoms. The Bertz CT molecular complexity index is 197. The maximum Gasteiger partial charge on any atom is 0.0201 e. The first-order chi connectivity index (χ1) is 5.56. The van der Waals surface area contributed by atoms with Crippen molar-refractivity contribution in [3.05, 3.63) is 36.1 Å². The fourth-order valence-electron chi connectivity index (χ4n) is 0.828. The molecule has 0 aliphatic heterocycles. The van der Waals surface area contributed by atoms with Crippen LogP contribution >= 0.6 is 0 Å². The molecule has 0 amide bonds. The van der Waals surface area contributed by atoms with E-state index in [2.05, 4.69) is 44.8 Å². The Morgan fingerprint density at radius 3 is 2.25 bits per heavy atom. The van der Waals surface area contributed by atoms with Gasteiger partial charge in [-0.2, -0.15) is 0 Å². The van der Waals surface area contributed by atoms with Gasteiger partial charge in [0.2, 0.25) is 0 Å². The van der Waals surface area contributed by atoms with E-state index in [1.807, 2.05) is 13.0 Å². The van der Waals surface area contributed by atoms with E-state index in [4.69, 9.17) is 0 Å². The van der Waals surface area contributed by atoms with Crippen LogP contribution < -0.4 is 5.32 Å². The van der Waals surface area contributed by atoms with E-state index in [1.165, 1.54) is 11.3 Å². The first kappa shape index (κ1) is 11.0. The largest absolute Gasteiger partial charge is 0.386 e. The van der Waals surface area contributed by atoms with Gasteiger partial charge in [0.25, 0.3) is 0 Å². The van der Waals surface area contributed by atoms with Gasteiger partial charge in [-0.25, -0.2) is 0 Å². The van der Waals surface area contributed by atoms with Gasteiger partial charge in [-0.1, -0.05) is 24.3 Å². The quantitative estimate of drug-likeness (QED) is 0.631. The average molecular weight is 165 g/mol. The molecule has 0 heterocycles. The van der Waals surface area contributed by atoms with Crippen LogP contribution in [0.1, 0.15) is 27.7 Å². The summed E-state index contributed by atoms with van der Waals surface area (Å²) in [6, 6.07) is 0.499. The van der Waals surface area contributed by atoms with Crippen molar-refractivity contribution in [3.8, 4) is 0 Å². The molecule has 0 aromatic rings. The monoisotopic (exact) mass is 165 g/mol. The lowest BCUT2D eigenvalue weighted by Gasteiger charge is -2.08. The molecule has 0 saturated carbocycles. The van der Waals surface area contributed by atoms with Gasteiger partial charge in [0.1, 0.15) is 0 Å². The Morgan fingerprint density at radius 1 is 1.25 bits per heavy atom. The Kier molecular flexibility index (Phi) is 5.18. The molecule has 0 unspecified atom stereocenters. The Morgan fingerprint density at radius 2 is 1.83 bits per heavy atom. The Balaban J connectivity index is 4.08. The van der Waals surface area contributed by atoms with Crippen LogP contribution in [-0.4, -0.2) is 6.04 Å². The molecule has 0 aromatic heterocycles. The van der Waals surface area contributed by atoms with Gasteiger partial charge in [0, 0.05) is 11.7 Å². The number of hydrogen-bond acceptors (Lipinski definition) is 1. The molecule has 1 nitrogen and oxygen atoms in total. The number of rotatable bonds is 4. The second kappa shape index (κ2) is 5.64. The second-order valence-corrected chi connectivity index (χ2v) is 3.26.